The Hall–Kier alpha value is -1.63. The minimum atomic E-state index is -0.371. The van der Waals surface area contributed by atoms with Gasteiger partial charge in [0, 0.05) is 19.6 Å². The second kappa shape index (κ2) is 6.43. The molecule has 2 rings (SSSR count). The standard InChI is InChI=1S/C14H21N3O3S/c1-5-20-12(18)11-10(4)15-13(21-11)17-7-6-16(14(17)19)8-9(2)3/h9H,5-8H2,1-4H3. The Morgan fingerprint density at radius 3 is 2.76 bits per heavy atom. The third-order valence-corrected chi connectivity index (χ3v) is 4.32. The van der Waals surface area contributed by atoms with E-state index in [4.69, 9.17) is 4.74 Å². The average molecular weight is 311 g/mol. The maximum atomic E-state index is 12.4. The molecular weight excluding hydrogens is 290 g/mol. The monoisotopic (exact) mass is 311 g/mol. The van der Waals surface area contributed by atoms with Gasteiger partial charge in [0.2, 0.25) is 0 Å². The number of hydrogen-bond acceptors (Lipinski definition) is 5. The number of aromatic nitrogens is 1. The Morgan fingerprint density at radius 1 is 1.43 bits per heavy atom. The molecule has 116 valence electrons. The molecule has 2 heterocycles. The normalized spacial score (nSPS) is 15.2. The zero-order valence-electron chi connectivity index (χ0n) is 12.9. The summed E-state index contributed by atoms with van der Waals surface area (Å²) in [5.41, 5.74) is 0.614. The van der Waals surface area contributed by atoms with Crippen molar-refractivity contribution in [1.82, 2.24) is 9.88 Å². The number of urea groups is 1. The number of ether oxygens (including phenoxy) is 1. The highest BCUT2D eigenvalue weighted by atomic mass is 32.1. The number of anilines is 1. The first-order valence-electron chi connectivity index (χ1n) is 7.15. The van der Waals surface area contributed by atoms with Gasteiger partial charge in [-0.05, 0) is 19.8 Å². The fourth-order valence-corrected chi connectivity index (χ4v) is 3.23. The Morgan fingerprint density at radius 2 is 2.14 bits per heavy atom. The van der Waals surface area contributed by atoms with Crippen LogP contribution in [0.25, 0.3) is 0 Å². The zero-order chi connectivity index (χ0) is 15.6. The summed E-state index contributed by atoms with van der Waals surface area (Å²) in [4.78, 5) is 32.5. The van der Waals surface area contributed by atoms with E-state index in [0.29, 0.717) is 41.3 Å². The molecule has 0 aromatic carbocycles. The van der Waals surface area contributed by atoms with Crippen molar-refractivity contribution < 1.29 is 14.3 Å². The summed E-state index contributed by atoms with van der Waals surface area (Å²) in [6.07, 6.45) is 0. The Bertz CT molecular complexity index is 542. The number of aryl methyl sites for hydroxylation is 1. The maximum absolute atomic E-state index is 12.4. The molecule has 0 unspecified atom stereocenters. The molecule has 0 spiro atoms. The molecular formula is C14H21N3O3S. The third kappa shape index (κ3) is 3.34. The van der Waals surface area contributed by atoms with Gasteiger partial charge in [0.25, 0.3) is 0 Å². The van der Waals surface area contributed by atoms with Crippen molar-refractivity contribution in [1.29, 1.82) is 0 Å². The SMILES string of the molecule is CCOC(=O)c1sc(N2CCN(CC(C)C)C2=O)nc1C. The van der Waals surface area contributed by atoms with E-state index in [9.17, 15) is 9.59 Å². The van der Waals surface area contributed by atoms with Crippen LogP contribution in [0.4, 0.5) is 9.93 Å². The van der Waals surface area contributed by atoms with Crippen LogP contribution < -0.4 is 4.90 Å². The lowest BCUT2D eigenvalue weighted by Crippen LogP contribution is -2.34. The predicted octanol–water partition coefficient (Wildman–Crippen LogP) is 2.53. The lowest BCUT2D eigenvalue weighted by Gasteiger charge is -2.18. The molecule has 1 saturated heterocycles. The highest BCUT2D eigenvalue weighted by molar-refractivity contribution is 7.17. The molecule has 21 heavy (non-hydrogen) atoms. The van der Waals surface area contributed by atoms with E-state index in [1.165, 1.54) is 11.3 Å². The van der Waals surface area contributed by atoms with Crippen LogP contribution in [0.3, 0.4) is 0 Å². The molecule has 1 aliphatic rings. The van der Waals surface area contributed by atoms with Gasteiger partial charge in [0.15, 0.2) is 5.13 Å². The van der Waals surface area contributed by atoms with Gasteiger partial charge in [0.1, 0.15) is 4.88 Å². The number of carbonyl (C=O) groups excluding carboxylic acids is 2. The number of rotatable bonds is 5. The molecule has 0 atom stereocenters. The van der Waals surface area contributed by atoms with Crippen molar-refractivity contribution in [3.05, 3.63) is 10.6 Å². The number of nitrogens with zero attached hydrogens (tertiary/aromatic N) is 3. The first-order chi connectivity index (χ1) is 9.93. The van der Waals surface area contributed by atoms with Gasteiger partial charge in [-0.2, -0.15) is 0 Å². The zero-order valence-corrected chi connectivity index (χ0v) is 13.7. The van der Waals surface area contributed by atoms with E-state index >= 15 is 0 Å². The second-order valence-electron chi connectivity index (χ2n) is 5.41. The van der Waals surface area contributed by atoms with Gasteiger partial charge in [0.05, 0.1) is 12.3 Å². The molecule has 6 nitrogen and oxygen atoms in total. The van der Waals surface area contributed by atoms with E-state index in [1.807, 2.05) is 4.90 Å². The molecule has 1 aromatic rings. The number of hydrogen-bond donors (Lipinski definition) is 0. The summed E-state index contributed by atoms with van der Waals surface area (Å²) >= 11 is 1.22. The van der Waals surface area contributed by atoms with Gasteiger partial charge < -0.3 is 9.64 Å². The van der Waals surface area contributed by atoms with Crippen LogP contribution in [0.5, 0.6) is 0 Å². The van der Waals surface area contributed by atoms with Crippen LogP contribution in [-0.2, 0) is 4.74 Å². The predicted molar refractivity (Wildman–Crippen MR) is 82.0 cm³/mol. The highest BCUT2D eigenvalue weighted by Crippen LogP contribution is 2.29. The summed E-state index contributed by atoms with van der Waals surface area (Å²) in [5.74, 6) is 0.0615. The van der Waals surface area contributed by atoms with Gasteiger partial charge in [-0.25, -0.2) is 14.6 Å². The lowest BCUT2D eigenvalue weighted by atomic mass is 10.2. The minimum absolute atomic E-state index is 0.0344. The molecule has 1 aliphatic heterocycles. The Balaban J connectivity index is 2.15. The van der Waals surface area contributed by atoms with Crippen LogP contribution in [0, 0.1) is 12.8 Å². The molecule has 1 aromatic heterocycles. The summed E-state index contributed by atoms with van der Waals surface area (Å²) in [6.45, 7) is 10.1. The van der Waals surface area contributed by atoms with Crippen molar-refractivity contribution in [2.75, 3.05) is 31.1 Å². The van der Waals surface area contributed by atoms with Crippen LogP contribution in [0.15, 0.2) is 0 Å². The van der Waals surface area contributed by atoms with Gasteiger partial charge in [-0.3, -0.25) is 4.90 Å². The quantitative estimate of drug-likeness (QED) is 0.784. The van der Waals surface area contributed by atoms with Crippen LogP contribution in [0.1, 0.15) is 36.1 Å². The van der Waals surface area contributed by atoms with Crippen LogP contribution >= 0.6 is 11.3 Å². The van der Waals surface area contributed by atoms with Crippen LogP contribution in [-0.4, -0.2) is 48.1 Å². The van der Waals surface area contributed by atoms with E-state index in [-0.39, 0.29) is 12.0 Å². The molecule has 0 aliphatic carbocycles. The molecule has 0 N–H and O–H groups in total. The maximum Gasteiger partial charge on any atom is 0.350 e. The van der Waals surface area contributed by atoms with Crippen molar-refractivity contribution in [3.8, 4) is 0 Å². The molecule has 0 saturated carbocycles. The summed E-state index contributed by atoms with van der Waals surface area (Å²) in [6, 6.07) is -0.0344. The highest BCUT2D eigenvalue weighted by Gasteiger charge is 2.32. The van der Waals surface area contributed by atoms with E-state index < -0.39 is 0 Å². The summed E-state index contributed by atoms with van der Waals surface area (Å²) in [7, 11) is 0. The average Bonchev–Trinajstić information content (AvgIpc) is 2.94. The van der Waals surface area contributed by atoms with E-state index in [1.54, 1.807) is 18.7 Å². The first-order valence-corrected chi connectivity index (χ1v) is 7.96. The van der Waals surface area contributed by atoms with E-state index in [2.05, 4.69) is 18.8 Å². The smallest absolute Gasteiger partial charge is 0.350 e. The van der Waals surface area contributed by atoms with Crippen LogP contribution in [0.2, 0.25) is 0 Å². The molecule has 2 amide bonds. The number of thiazole rings is 1. The van der Waals surface area contributed by atoms with Crippen molar-refractivity contribution in [2.45, 2.75) is 27.7 Å². The summed E-state index contributed by atoms with van der Waals surface area (Å²) < 4.78 is 5.00. The topological polar surface area (TPSA) is 62.7 Å². The molecule has 7 heteroatoms. The third-order valence-electron chi connectivity index (χ3n) is 3.16. The molecule has 1 fully saturated rings. The minimum Gasteiger partial charge on any atom is -0.462 e. The van der Waals surface area contributed by atoms with Crippen molar-refractivity contribution >= 4 is 28.5 Å². The molecule has 0 radical (unpaired) electrons. The fraction of sp³-hybridized carbons (Fsp3) is 0.643. The second-order valence-corrected chi connectivity index (χ2v) is 6.38. The number of amides is 2. The molecule has 0 bridgehead atoms. The summed E-state index contributed by atoms with van der Waals surface area (Å²) in [5, 5.41) is 0.576. The Kier molecular flexibility index (Phi) is 4.82. The van der Waals surface area contributed by atoms with Crippen molar-refractivity contribution in [2.24, 2.45) is 5.92 Å². The lowest BCUT2D eigenvalue weighted by molar-refractivity contribution is 0.0531. The fourth-order valence-electron chi connectivity index (χ4n) is 2.25. The van der Waals surface area contributed by atoms with Gasteiger partial charge in [-0.15, -0.1) is 0 Å². The van der Waals surface area contributed by atoms with Crippen molar-refractivity contribution in [3.63, 3.8) is 0 Å². The van der Waals surface area contributed by atoms with E-state index in [0.717, 1.165) is 6.54 Å². The number of carbonyl (C=O) groups is 2. The number of esters is 1. The van der Waals surface area contributed by atoms with Gasteiger partial charge in [-0.1, -0.05) is 25.2 Å². The Labute approximate surface area is 128 Å². The van der Waals surface area contributed by atoms with Gasteiger partial charge >= 0.3 is 12.0 Å². The largest absolute Gasteiger partial charge is 0.462 e. The first kappa shape index (κ1) is 15.8.